The zero-order valence-electron chi connectivity index (χ0n) is 14.9. The average molecular weight is 367 g/mol. The van der Waals surface area contributed by atoms with Crippen LogP contribution in [-0.4, -0.2) is 33.8 Å². The molecule has 26 heavy (non-hydrogen) atoms. The molecule has 0 spiro atoms. The number of hydrogen-bond donors (Lipinski definition) is 1. The Morgan fingerprint density at radius 2 is 2.08 bits per heavy atom. The van der Waals surface area contributed by atoms with Crippen molar-refractivity contribution in [1.29, 1.82) is 0 Å². The number of aromatic nitrogens is 3. The van der Waals surface area contributed by atoms with Crippen molar-refractivity contribution in [3.05, 3.63) is 47.2 Å². The van der Waals surface area contributed by atoms with Crippen LogP contribution in [0.4, 0.5) is 11.4 Å². The predicted molar refractivity (Wildman–Crippen MR) is 105 cm³/mol. The van der Waals surface area contributed by atoms with Crippen LogP contribution in [0.3, 0.4) is 0 Å². The summed E-state index contributed by atoms with van der Waals surface area (Å²) in [6, 6.07) is 6.09. The first-order chi connectivity index (χ1) is 12.6. The smallest absolute Gasteiger partial charge is 0.275 e. The van der Waals surface area contributed by atoms with Crippen LogP contribution < -0.4 is 10.2 Å². The Kier molecular flexibility index (Phi) is 4.46. The molecule has 1 amide bonds. The highest BCUT2D eigenvalue weighted by Crippen LogP contribution is 2.27. The molecular weight excluding hydrogens is 346 g/mol. The van der Waals surface area contributed by atoms with Gasteiger partial charge in [-0.25, -0.2) is 4.98 Å². The van der Waals surface area contributed by atoms with Gasteiger partial charge in [-0.05, 0) is 43.5 Å². The molecule has 1 N–H and O–H groups in total. The van der Waals surface area contributed by atoms with Crippen molar-refractivity contribution in [3.8, 4) is 10.6 Å². The Morgan fingerprint density at radius 1 is 1.27 bits per heavy atom. The summed E-state index contributed by atoms with van der Waals surface area (Å²) in [5, 5.41) is 9.67. The van der Waals surface area contributed by atoms with E-state index in [0.29, 0.717) is 5.69 Å². The Hall–Kier alpha value is -2.67. The molecule has 0 radical (unpaired) electrons. The van der Waals surface area contributed by atoms with E-state index in [4.69, 9.17) is 0 Å². The molecule has 2 aromatic heterocycles. The number of anilines is 2. The molecule has 1 aliphatic rings. The van der Waals surface area contributed by atoms with E-state index in [0.717, 1.165) is 29.3 Å². The molecule has 1 fully saturated rings. The molecule has 1 aromatic carbocycles. The van der Waals surface area contributed by atoms with Gasteiger partial charge < -0.3 is 10.2 Å². The zero-order valence-corrected chi connectivity index (χ0v) is 15.7. The number of carbonyl (C=O) groups is 1. The molecule has 1 aliphatic heterocycles. The number of benzene rings is 1. The number of amides is 1. The summed E-state index contributed by atoms with van der Waals surface area (Å²) in [6.45, 7) is 4.32. The molecule has 0 aliphatic carbocycles. The first-order valence-corrected chi connectivity index (χ1v) is 9.59. The number of thiazole rings is 1. The van der Waals surface area contributed by atoms with Crippen LogP contribution >= 0.6 is 11.3 Å². The molecule has 134 valence electrons. The van der Waals surface area contributed by atoms with Crippen LogP contribution in [0.5, 0.6) is 0 Å². The van der Waals surface area contributed by atoms with E-state index in [1.165, 1.54) is 35.4 Å². The maximum absolute atomic E-state index is 12.5. The molecule has 0 unspecified atom stereocenters. The van der Waals surface area contributed by atoms with E-state index < -0.39 is 0 Å². The van der Waals surface area contributed by atoms with Crippen LogP contribution in [0.15, 0.2) is 36.0 Å². The van der Waals surface area contributed by atoms with Gasteiger partial charge in [-0.1, -0.05) is 0 Å². The molecular formula is C19H21N5OS. The number of nitrogens with one attached hydrogen (secondary N) is 1. The summed E-state index contributed by atoms with van der Waals surface area (Å²) in [4.78, 5) is 19.4. The van der Waals surface area contributed by atoms with Gasteiger partial charge in [-0.2, -0.15) is 5.10 Å². The fourth-order valence-corrected chi connectivity index (χ4v) is 4.06. The van der Waals surface area contributed by atoms with Gasteiger partial charge in [0.05, 0.1) is 6.20 Å². The predicted octanol–water partition coefficient (Wildman–Crippen LogP) is 3.70. The second-order valence-corrected chi connectivity index (χ2v) is 7.45. The number of rotatable bonds is 4. The number of hydrogen-bond acceptors (Lipinski definition) is 5. The lowest BCUT2D eigenvalue weighted by Crippen LogP contribution is -2.19. The second-order valence-electron chi connectivity index (χ2n) is 6.59. The van der Waals surface area contributed by atoms with E-state index in [1.54, 1.807) is 16.3 Å². The second kappa shape index (κ2) is 6.92. The van der Waals surface area contributed by atoms with Crippen molar-refractivity contribution in [2.24, 2.45) is 7.05 Å². The lowest BCUT2D eigenvalue weighted by molar-refractivity contribution is 0.102. The summed E-state index contributed by atoms with van der Waals surface area (Å²) in [5.74, 6) is -0.190. The SMILES string of the molecule is Cc1cc(NC(=O)c2csc(-c3cnn(C)c3)n2)ccc1N1CCCC1. The van der Waals surface area contributed by atoms with Crippen LogP contribution in [0.2, 0.25) is 0 Å². The van der Waals surface area contributed by atoms with Gasteiger partial charge in [-0.3, -0.25) is 9.48 Å². The van der Waals surface area contributed by atoms with E-state index in [1.807, 2.05) is 25.4 Å². The topological polar surface area (TPSA) is 63.1 Å². The molecule has 0 bridgehead atoms. The monoisotopic (exact) mass is 367 g/mol. The fraction of sp³-hybridized carbons (Fsp3) is 0.316. The third-order valence-electron chi connectivity index (χ3n) is 4.59. The van der Waals surface area contributed by atoms with Gasteiger partial charge >= 0.3 is 0 Å². The van der Waals surface area contributed by atoms with Crippen molar-refractivity contribution in [1.82, 2.24) is 14.8 Å². The average Bonchev–Trinajstić information content (AvgIpc) is 3.36. The van der Waals surface area contributed by atoms with Crippen molar-refractivity contribution < 1.29 is 4.79 Å². The lowest BCUT2D eigenvalue weighted by Gasteiger charge is -2.20. The van der Waals surface area contributed by atoms with Gasteiger partial charge in [0.2, 0.25) is 0 Å². The minimum absolute atomic E-state index is 0.190. The van der Waals surface area contributed by atoms with Crippen LogP contribution in [0, 0.1) is 6.92 Å². The molecule has 0 saturated carbocycles. The Morgan fingerprint density at radius 3 is 2.77 bits per heavy atom. The fourth-order valence-electron chi connectivity index (χ4n) is 3.28. The number of carbonyl (C=O) groups excluding carboxylic acids is 1. The molecule has 1 saturated heterocycles. The third-order valence-corrected chi connectivity index (χ3v) is 5.48. The largest absolute Gasteiger partial charge is 0.371 e. The summed E-state index contributed by atoms with van der Waals surface area (Å²) in [5.41, 5.74) is 4.58. The summed E-state index contributed by atoms with van der Waals surface area (Å²) >= 11 is 1.45. The first-order valence-electron chi connectivity index (χ1n) is 8.71. The molecule has 0 atom stereocenters. The molecule has 3 heterocycles. The van der Waals surface area contributed by atoms with Gasteiger partial charge in [0.15, 0.2) is 0 Å². The van der Waals surface area contributed by atoms with Crippen molar-refractivity contribution >= 4 is 28.6 Å². The highest BCUT2D eigenvalue weighted by Gasteiger charge is 2.16. The zero-order chi connectivity index (χ0) is 18.1. The number of nitrogens with zero attached hydrogens (tertiary/aromatic N) is 4. The van der Waals surface area contributed by atoms with Crippen LogP contribution in [0.1, 0.15) is 28.9 Å². The third kappa shape index (κ3) is 3.35. The van der Waals surface area contributed by atoms with Gasteiger partial charge in [-0.15, -0.1) is 11.3 Å². The van der Waals surface area contributed by atoms with E-state index >= 15 is 0 Å². The Balaban J connectivity index is 1.48. The summed E-state index contributed by atoms with van der Waals surface area (Å²) < 4.78 is 1.72. The Bertz CT molecular complexity index is 939. The molecule has 6 nitrogen and oxygen atoms in total. The lowest BCUT2D eigenvalue weighted by atomic mass is 10.1. The van der Waals surface area contributed by atoms with Gasteiger partial charge in [0, 0.05) is 48.7 Å². The quantitative estimate of drug-likeness (QED) is 0.764. The van der Waals surface area contributed by atoms with E-state index in [2.05, 4.69) is 33.3 Å². The maximum Gasteiger partial charge on any atom is 0.275 e. The minimum Gasteiger partial charge on any atom is -0.371 e. The van der Waals surface area contributed by atoms with Crippen LogP contribution in [0.25, 0.3) is 10.6 Å². The first kappa shape index (κ1) is 16.8. The summed E-state index contributed by atoms with van der Waals surface area (Å²) in [7, 11) is 1.86. The highest BCUT2D eigenvalue weighted by atomic mass is 32.1. The summed E-state index contributed by atoms with van der Waals surface area (Å²) in [6.07, 6.45) is 6.14. The Labute approximate surface area is 156 Å². The van der Waals surface area contributed by atoms with E-state index in [-0.39, 0.29) is 5.91 Å². The van der Waals surface area contributed by atoms with Crippen molar-refractivity contribution in [2.75, 3.05) is 23.3 Å². The molecule has 7 heteroatoms. The standard InChI is InChI=1S/C19H21N5OS/c1-13-9-15(5-6-17(13)24-7-3-4-8-24)21-18(25)16-12-26-19(22-16)14-10-20-23(2)11-14/h5-6,9-12H,3-4,7-8H2,1-2H3,(H,21,25). The van der Waals surface area contributed by atoms with Crippen molar-refractivity contribution in [2.45, 2.75) is 19.8 Å². The molecule has 3 aromatic rings. The van der Waals surface area contributed by atoms with E-state index in [9.17, 15) is 4.79 Å². The van der Waals surface area contributed by atoms with Crippen molar-refractivity contribution in [3.63, 3.8) is 0 Å². The van der Waals surface area contributed by atoms with Gasteiger partial charge in [0.1, 0.15) is 10.7 Å². The minimum atomic E-state index is -0.190. The number of aryl methyl sites for hydroxylation is 2. The van der Waals surface area contributed by atoms with Gasteiger partial charge in [0.25, 0.3) is 5.91 Å². The molecule has 4 rings (SSSR count). The maximum atomic E-state index is 12.5. The normalized spacial score (nSPS) is 14.0. The highest BCUT2D eigenvalue weighted by molar-refractivity contribution is 7.13. The van der Waals surface area contributed by atoms with Crippen LogP contribution in [-0.2, 0) is 7.05 Å².